The van der Waals surface area contributed by atoms with Gasteiger partial charge in [0, 0.05) is 50.1 Å². The molecule has 3 N–H and O–H groups in total. The molecule has 0 spiro atoms. The van der Waals surface area contributed by atoms with Crippen molar-refractivity contribution in [1.82, 2.24) is 20.5 Å². The van der Waals surface area contributed by atoms with E-state index < -0.39 is 5.60 Å². The van der Waals surface area contributed by atoms with Crippen molar-refractivity contribution in [1.29, 1.82) is 0 Å². The van der Waals surface area contributed by atoms with E-state index in [1.165, 1.54) is 5.56 Å². The Bertz CT molecular complexity index is 829. The van der Waals surface area contributed by atoms with Crippen molar-refractivity contribution in [3.05, 3.63) is 40.9 Å². The van der Waals surface area contributed by atoms with E-state index in [1.54, 1.807) is 11.3 Å². The van der Waals surface area contributed by atoms with Crippen molar-refractivity contribution in [3.63, 3.8) is 0 Å². The standard InChI is InChI=1S/C23H35N5O2S/c1-4-24-22(26-16-23(3,29)17-28-11-13-30-14-12-28)25-10-9-20-15-31-21(27-20)19-7-5-18(2)6-8-19/h5-8,15,29H,4,9-14,16-17H2,1-3H3,(H2,24,25,26). The molecule has 8 heteroatoms. The number of β-amino-alcohol motifs (C(OH)–C–C–N with tert-alkyl or cyclic N) is 1. The second kappa shape index (κ2) is 11.6. The topological polar surface area (TPSA) is 82.0 Å². The average Bonchev–Trinajstić information content (AvgIpc) is 3.22. The monoisotopic (exact) mass is 445 g/mol. The van der Waals surface area contributed by atoms with Crippen LogP contribution in [0.4, 0.5) is 0 Å². The van der Waals surface area contributed by atoms with Gasteiger partial charge < -0.3 is 20.5 Å². The van der Waals surface area contributed by atoms with Gasteiger partial charge in [-0.25, -0.2) is 4.98 Å². The minimum Gasteiger partial charge on any atom is -0.387 e. The number of aryl methyl sites for hydroxylation is 1. The van der Waals surface area contributed by atoms with Crippen LogP contribution in [0, 0.1) is 6.92 Å². The Morgan fingerprint density at radius 3 is 2.71 bits per heavy atom. The molecule has 1 aliphatic heterocycles. The maximum Gasteiger partial charge on any atom is 0.191 e. The molecule has 31 heavy (non-hydrogen) atoms. The summed E-state index contributed by atoms with van der Waals surface area (Å²) in [7, 11) is 0. The molecule has 1 atom stereocenters. The number of nitrogens with one attached hydrogen (secondary N) is 2. The molecule has 1 fully saturated rings. The third-order valence-electron chi connectivity index (χ3n) is 5.11. The molecule has 2 aromatic rings. The van der Waals surface area contributed by atoms with Gasteiger partial charge in [0.1, 0.15) is 5.01 Å². The Morgan fingerprint density at radius 2 is 2.00 bits per heavy atom. The lowest BCUT2D eigenvalue weighted by atomic mass is 10.1. The van der Waals surface area contributed by atoms with Gasteiger partial charge in [0.15, 0.2) is 5.96 Å². The van der Waals surface area contributed by atoms with Crippen molar-refractivity contribution in [2.45, 2.75) is 32.8 Å². The van der Waals surface area contributed by atoms with E-state index in [1.807, 2.05) is 13.8 Å². The van der Waals surface area contributed by atoms with Crippen LogP contribution in [0.2, 0.25) is 0 Å². The number of aliphatic hydroxyl groups is 1. The number of thiazole rings is 1. The highest BCUT2D eigenvalue weighted by Gasteiger charge is 2.25. The molecular formula is C23H35N5O2S. The number of hydrogen-bond acceptors (Lipinski definition) is 6. The summed E-state index contributed by atoms with van der Waals surface area (Å²) >= 11 is 1.68. The van der Waals surface area contributed by atoms with Gasteiger partial charge in [-0.1, -0.05) is 29.8 Å². The number of benzene rings is 1. The van der Waals surface area contributed by atoms with E-state index in [4.69, 9.17) is 9.72 Å². The highest BCUT2D eigenvalue weighted by atomic mass is 32.1. The number of nitrogens with zero attached hydrogens (tertiary/aromatic N) is 3. The molecule has 1 aliphatic rings. The van der Waals surface area contributed by atoms with Crippen LogP contribution in [0.25, 0.3) is 10.6 Å². The lowest BCUT2D eigenvalue weighted by Crippen LogP contribution is -2.48. The molecular weight excluding hydrogens is 410 g/mol. The first-order valence-corrected chi connectivity index (χ1v) is 11.9. The fraction of sp³-hybridized carbons (Fsp3) is 0.565. The van der Waals surface area contributed by atoms with Crippen molar-refractivity contribution < 1.29 is 9.84 Å². The van der Waals surface area contributed by atoms with Crippen molar-refractivity contribution in [2.75, 3.05) is 52.5 Å². The van der Waals surface area contributed by atoms with E-state index in [0.29, 0.717) is 13.1 Å². The summed E-state index contributed by atoms with van der Waals surface area (Å²) in [5.74, 6) is 0.721. The largest absolute Gasteiger partial charge is 0.387 e. The van der Waals surface area contributed by atoms with E-state index in [-0.39, 0.29) is 0 Å². The molecule has 0 radical (unpaired) electrons. The first kappa shape index (κ1) is 23.7. The van der Waals surface area contributed by atoms with Crippen molar-refractivity contribution in [2.24, 2.45) is 4.99 Å². The Kier molecular flexibility index (Phi) is 8.83. The van der Waals surface area contributed by atoms with Gasteiger partial charge in [-0.2, -0.15) is 0 Å². The van der Waals surface area contributed by atoms with Crippen LogP contribution in [0.3, 0.4) is 0 Å². The highest BCUT2D eigenvalue weighted by molar-refractivity contribution is 7.13. The van der Waals surface area contributed by atoms with E-state index >= 15 is 0 Å². The Labute approximate surface area is 189 Å². The number of hydrogen-bond donors (Lipinski definition) is 3. The lowest BCUT2D eigenvalue weighted by molar-refractivity contribution is -0.0179. The maximum atomic E-state index is 10.8. The number of guanidine groups is 1. The second-order valence-corrected chi connectivity index (χ2v) is 9.13. The van der Waals surface area contributed by atoms with Gasteiger partial charge in [-0.05, 0) is 20.8 Å². The second-order valence-electron chi connectivity index (χ2n) is 8.27. The number of aliphatic imine (C=N–C) groups is 1. The molecule has 0 saturated carbocycles. The molecule has 3 rings (SSSR count). The minimum atomic E-state index is -0.877. The fourth-order valence-corrected chi connectivity index (χ4v) is 4.30. The number of aromatic nitrogens is 1. The molecule has 170 valence electrons. The van der Waals surface area contributed by atoms with Gasteiger partial charge in [-0.15, -0.1) is 11.3 Å². The van der Waals surface area contributed by atoms with Crippen molar-refractivity contribution >= 4 is 17.3 Å². The normalized spacial score (nSPS) is 17.4. The predicted octanol–water partition coefficient (Wildman–Crippen LogP) is 2.30. The molecule has 1 aromatic heterocycles. The third-order valence-corrected chi connectivity index (χ3v) is 6.05. The number of morpholine rings is 1. The van der Waals surface area contributed by atoms with E-state index in [2.05, 4.69) is 57.1 Å². The molecule has 0 amide bonds. The average molecular weight is 446 g/mol. The summed E-state index contributed by atoms with van der Waals surface area (Å²) in [6, 6.07) is 8.47. The van der Waals surface area contributed by atoms with Crippen LogP contribution >= 0.6 is 11.3 Å². The van der Waals surface area contributed by atoms with Crippen LogP contribution in [0.1, 0.15) is 25.1 Å². The molecule has 7 nitrogen and oxygen atoms in total. The molecule has 1 saturated heterocycles. The predicted molar refractivity (Wildman–Crippen MR) is 128 cm³/mol. The Morgan fingerprint density at radius 1 is 1.26 bits per heavy atom. The highest BCUT2D eigenvalue weighted by Crippen LogP contribution is 2.24. The summed E-state index contributed by atoms with van der Waals surface area (Å²) in [6.45, 7) is 11.6. The maximum absolute atomic E-state index is 10.8. The van der Waals surface area contributed by atoms with Crippen LogP contribution in [0.15, 0.2) is 34.6 Å². The fourth-order valence-electron chi connectivity index (χ4n) is 3.44. The first-order chi connectivity index (χ1) is 14.9. The molecule has 2 heterocycles. The SMILES string of the molecule is CCNC(=NCC(C)(O)CN1CCOCC1)NCCc1csc(-c2ccc(C)cc2)n1. The van der Waals surface area contributed by atoms with Crippen LogP contribution in [-0.4, -0.2) is 79.0 Å². The molecule has 1 unspecified atom stereocenters. The summed E-state index contributed by atoms with van der Waals surface area (Å²) in [5, 5.41) is 20.5. The lowest BCUT2D eigenvalue weighted by Gasteiger charge is -2.33. The summed E-state index contributed by atoms with van der Waals surface area (Å²) in [6.07, 6.45) is 0.816. The summed E-state index contributed by atoms with van der Waals surface area (Å²) < 4.78 is 5.38. The van der Waals surface area contributed by atoms with Gasteiger partial charge in [0.25, 0.3) is 0 Å². The van der Waals surface area contributed by atoms with Crippen molar-refractivity contribution in [3.8, 4) is 10.6 Å². The van der Waals surface area contributed by atoms with Gasteiger partial charge in [0.05, 0.1) is 31.1 Å². The quantitative estimate of drug-likeness (QED) is 0.406. The zero-order valence-corrected chi connectivity index (χ0v) is 19.7. The smallest absolute Gasteiger partial charge is 0.191 e. The van der Waals surface area contributed by atoms with Crippen LogP contribution in [0.5, 0.6) is 0 Å². The third kappa shape index (κ3) is 7.88. The summed E-state index contributed by atoms with van der Waals surface area (Å²) in [4.78, 5) is 11.6. The zero-order valence-electron chi connectivity index (χ0n) is 18.9. The van der Waals surface area contributed by atoms with Gasteiger partial charge in [-0.3, -0.25) is 9.89 Å². The Balaban J connectivity index is 1.49. The zero-order chi connectivity index (χ0) is 22.1. The number of rotatable bonds is 9. The van der Waals surface area contributed by atoms with E-state index in [0.717, 1.165) is 68.0 Å². The van der Waals surface area contributed by atoms with Gasteiger partial charge >= 0.3 is 0 Å². The minimum absolute atomic E-state index is 0.341. The van der Waals surface area contributed by atoms with Gasteiger partial charge in [0.2, 0.25) is 0 Å². The molecule has 0 bridgehead atoms. The molecule has 1 aromatic carbocycles. The Hall–Kier alpha value is -2.00. The van der Waals surface area contributed by atoms with E-state index in [9.17, 15) is 5.11 Å². The number of ether oxygens (including phenoxy) is 1. The first-order valence-electron chi connectivity index (χ1n) is 11.0. The summed E-state index contributed by atoms with van der Waals surface area (Å²) in [5.41, 5.74) is 2.61. The molecule has 0 aliphatic carbocycles. The van der Waals surface area contributed by atoms with Crippen LogP contribution in [-0.2, 0) is 11.2 Å². The van der Waals surface area contributed by atoms with Crippen LogP contribution < -0.4 is 10.6 Å².